The van der Waals surface area contributed by atoms with E-state index in [-0.39, 0.29) is 11.5 Å². The van der Waals surface area contributed by atoms with Crippen molar-refractivity contribution in [3.63, 3.8) is 0 Å². The zero-order chi connectivity index (χ0) is 13.2. The van der Waals surface area contributed by atoms with Crippen LogP contribution in [0.4, 0.5) is 8.78 Å². The molecule has 0 N–H and O–H groups in total. The van der Waals surface area contributed by atoms with E-state index in [1.165, 1.54) is 0 Å². The van der Waals surface area contributed by atoms with Crippen LogP contribution in [-0.4, -0.2) is 0 Å². The summed E-state index contributed by atoms with van der Waals surface area (Å²) in [5.74, 6) is -2.05. The van der Waals surface area contributed by atoms with Gasteiger partial charge in [0.15, 0.2) is 11.5 Å². The molecule has 1 aromatic heterocycles. The van der Waals surface area contributed by atoms with E-state index in [0.717, 1.165) is 0 Å². The van der Waals surface area contributed by atoms with Crippen LogP contribution in [0.15, 0.2) is 65.1 Å². The summed E-state index contributed by atoms with van der Waals surface area (Å²) in [6, 6.07) is 17.3. The van der Waals surface area contributed by atoms with Crippen molar-refractivity contribution in [3.05, 3.63) is 72.3 Å². The summed E-state index contributed by atoms with van der Waals surface area (Å²) in [5, 5.41) is 0. The van der Waals surface area contributed by atoms with E-state index in [2.05, 4.69) is 0 Å². The van der Waals surface area contributed by atoms with Gasteiger partial charge >= 0.3 is 0 Å². The molecule has 0 spiro atoms. The molecule has 1 nitrogen and oxygen atoms in total. The van der Waals surface area contributed by atoms with E-state index in [0.29, 0.717) is 11.1 Å². The monoisotopic (exact) mass is 256 g/mol. The summed E-state index contributed by atoms with van der Waals surface area (Å²) in [6.07, 6.45) is 0. The normalized spacial score (nSPS) is 10.6. The van der Waals surface area contributed by atoms with Gasteiger partial charge in [-0.05, 0) is 0 Å². The van der Waals surface area contributed by atoms with Gasteiger partial charge in [0, 0.05) is 11.1 Å². The molecule has 94 valence electrons. The summed E-state index contributed by atoms with van der Waals surface area (Å²) in [6.45, 7) is 0. The van der Waals surface area contributed by atoms with Crippen LogP contribution in [0.5, 0.6) is 0 Å². The molecule has 3 aromatic rings. The van der Waals surface area contributed by atoms with Crippen LogP contribution in [0, 0.1) is 11.6 Å². The molecule has 0 saturated carbocycles. The molecule has 0 aliphatic heterocycles. The van der Waals surface area contributed by atoms with E-state index in [1.807, 2.05) is 0 Å². The number of furan rings is 1. The SMILES string of the molecule is Fc1c(-c2ccccc2)oc(-c2ccccc2)c1F. The molecule has 0 fully saturated rings. The third-order valence-corrected chi connectivity index (χ3v) is 2.87. The topological polar surface area (TPSA) is 13.1 Å². The largest absolute Gasteiger partial charge is 0.450 e. The highest BCUT2D eigenvalue weighted by atomic mass is 19.2. The second kappa shape index (κ2) is 4.69. The van der Waals surface area contributed by atoms with Crippen molar-refractivity contribution >= 4 is 0 Å². The summed E-state index contributed by atoms with van der Waals surface area (Å²) >= 11 is 0. The lowest BCUT2D eigenvalue weighted by atomic mass is 10.1. The quantitative estimate of drug-likeness (QED) is 0.636. The first-order valence-corrected chi connectivity index (χ1v) is 5.86. The molecular weight excluding hydrogens is 246 g/mol. The third-order valence-electron chi connectivity index (χ3n) is 2.87. The minimum atomic E-state index is -0.954. The van der Waals surface area contributed by atoms with E-state index < -0.39 is 11.6 Å². The number of rotatable bonds is 2. The van der Waals surface area contributed by atoms with Crippen molar-refractivity contribution in [2.24, 2.45) is 0 Å². The minimum absolute atomic E-state index is 0.0723. The maximum absolute atomic E-state index is 13.9. The highest BCUT2D eigenvalue weighted by Gasteiger charge is 2.22. The summed E-state index contributed by atoms with van der Waals surface area (Å²) in [5.41, 5.74) is 1.03. The minimum Gasteiger partial charge on any atom is -0.450 e. The van der Waals surface area contributed by atoms with Crippen LogP contribution in [0.1, 0.15) is 0 Å². The summed E-state index contributed by atoms with van der Waals surface area (Å²) < 4.78 is 33.2. The van der Waals surface area contributed by atoms with Crippen LogP contribution in [0.2, 0.25) is 0 Å². The Labute approximate surface area is 109 Å². The third kappa shape index (κ3) is 2.03. The Kier molecular flexibility index (Phi) is 2.88. The molecule has 2 aromatic carbocycles. The predicted octanol–water partition coefficient (Wildman–Crippen LogP) is 4.89. The second-order valence-corrected chi connectivity index (χ2v) is 4.12. The lowest BCUT2D eigenvalue weighted by Crippen LogP contribution is -1.81. The van der Waals surface area contributed by atoms with Crippen molar-refractivity contribution in [3.8, 4) is 22.6 Å². The highest BCUT2D eigenvalue weighted by molar-refractivity contribution is 5.66. The number of hydrogen-bond acceptors (Lipinski definition) is 1. The fourth-order valence-electron chi connectivity index (χ4n) is 1.94. The van der Waals surface area contributed by atoms with Gasteiger partial charge in [0.25, 0.3) is 0 Å². The molecule has 0 aliphatic rings. The Balaban J connectivity index is 2.16. The Morgan fingerprint density at radius 2 is 0.947 bits per heavy atom. The molecule has 0 radical (unpaired) electrons. The Bertz CT molecular complexity index is 628. The maximum atomic E-state index is 13.9. The van der Waals surface area contributed by atoms with Crippen molar-refractivity contribution in [2.45, 2.75) is 0 Å². The van der Waals surface area contributed by atoms with Crippen molar-refractivity contribution < 1.29 is 13.2 Å². The first-order chi connectivity index (χ1) is 9.27. The maximum Gasteiger partial charge on any atom is 0.205 e. The van der Waals surface area contributed by atoms with Crippen LogP contribution in [0.25, 0.3) is 22.6 Å². The van der Waals surface area contributed by atoms with Gasteiger partial charge in [0.2, 0.25) is 11.6 Å². The molecule has 0 bridgehead atoms. The molecule has 3 heteroatoms. The molecule has 1 heterocycles. The molecule has 0 unspecified atom stereocenters. The first-order valence-electron chi connectivity index (χ1n) is 5.86. The van der Waals surface area contributed by atoms with Gasteiger partial charge in [-0.1, -0.05) is 60.7 Å². The smallest absolute Gasteiger partial charge is 0.205 e. The van der Waals surface area contributed by atoms with E-state index >= 15 is 0 Å². The van der Waals surface area contributed by atoms with Gasteiger partial charge in [0.05, 0.1) is 0 Å². The Morgan fingerprint density at radius 3 is 1.32 bits per heavy atom. The molecule has 0 aliphatic carbocycles. The number of hydrogen-bond donors (Lipinski definition) is 0. The van der Waals surface area contributed by atoms with Gasteiger partial charge in [-0.15, -0.1) is 0 Å². The molecule has 0 atom stereocenters. The average Bonchev–Trinajstić information content (AvgIpc) is 2.77. The molecular formula is C16H10F2O. The van der Waals surface area contributed by atoms with E-state index in [4.69, 9.17) is 4.42 Å². The van der Waals surface area contributed by atoms with Crippen molar-refractivity contribution in [2.75, 3.05) is 0 Å². The van der Waals surface area contributed by atoms with Gasteiger partial charge in [-0.3, -0.25) is 0 Å². The summed E-state index contributed by atoms with van der Waals surface area (Å²) in [7, 11) is 0. The van der Waals surface area contributed by atoms with Crippen molar-refractivity contribution in [1.29, 1.82) is 0 Å². The first kappa shape index (κ1) is 11.7. The Morgan fingerprint density at radius 1 is 0.579 bits per heavy atom. The lowest BCUT2D eigenvalue weighted by Gasteiger charge is -1.97. The van der Waals surface area contributed by atoms with E-state index in [9.17, 15) is 8.78 Å². The van der Waals surface area contributed by atoms with Gasteiger partial charge < -0.3 is 4.42 Å². The van der Waals surface area contributed by atoms with E-state index in [1.54, 1.807) is 60.7 Å². The zero-order valence-electron chi connectivity index (χ0n) is 9.94. The second-order valence-electron chi connectivity index (χ2n) is 4.12. The van der Waals surface area contributed by atoms with Crippen LogP contribution < -0.4 is 0 Å². The fourth-order valence-corrected chi connectivity index (χ4v) is 1.94. The van der Waals surface area contributed by atoms with Gasteiger partial charge in [-0.2, -0.15) is 8.78 Å². The number of halogens is 2. The Hall–Kier alpha value is -2.42. The molecule has 0 amide bonds. The zero-order valence-corrected chi connectivity index (χ0v) is 9.94. The fraction of sp³-hybridized carbons (Fsp3) is 0. The van der Waals surface area contributed by atoms with Crippen LogP contribution in [0.3, 0.4) is 0 Å². The van der Waals surface area contributed by atoms with Gasteiger partial charge in [-0.25, -0.2) is 0 Å². The predicted molar refractivity (Wildman–Crippen MR) is 69.5 cm³/mol. The standard InChI is InChI=1S/C16H10F2O/c17-13-14(18)16(12-9-5-2-6-10-12)19-15(13)11-7-3-1-4-8-11/h1-10H. The van der Waals surface area contributed by atoms with Gasteiger partial charge in [0.1, 0.15) is 0 Å². The molecule has 0 saturated heterocycles. The van der Waals surface area contributed by atoms with Crippen molar-refractivity contribution in [1.82, 2.24) is 0 Å². The molecule has 3 rings (SSSR count). The average molecular weight is 256 g/mol. The lowest BCUT2D eigenvalue weighted by molar-refractivity contribution is 0.520. The summed E-state index contributed by atoms with van der Waals surface area (Å²) in [4.78, 5) is 0. The highest BCUT2D eigenvalue weighted by Crippen LogP contribution is 2.34. The molecule has 19 heavy (non-hydrogen) atoms. The van der Waals surface area contributed by atoms with Crippen LogP contribution in [-0.2, 0) is 0 Å². The number of benzene rings is 2. The van der Waals surface area contributed by atoms with Crippen LogP contribution >= 0.6 is 0 Å².